The summed E-state index contributed by atoms with van der Waals surface area (Å²) in [5, 5.41) is 2.99. The highest BCUT2D eigenvalue weighted by molar-refractivity contribution is 7.85. The van der Waals surface area contributed by atoms with Crippen molar-refractivity contribution in [2.45, 2.75) is 57.6 Å². The first-order valence-corrected chi connectivity index (χ1v) is 10.5. The molecule has 132 valence electrons. The molecule has 1 fully saturated rings. The van der Waals surface area contributed by atoms with Crippen LogP contribution < -0.4 is 5.32 Å². The molecule has 1 aromatic carbocycles. The predicted molar refractivity (Wildman–Crippen MR) is 96.5 cm³/mol. The van der Waals surface area contributed by atoms with Crippen LogP contribution in [-0.2, 0) is 33.2 Å². The molecule has 0 radical (unpaired) electrons. The average Bonchev–Trinajstić information content (AvgIpc) is 3.06. The van der Waals surface area contributed by atoms with Crippen LogP contribution >= 0.6 is 0 Å². The van der Waals surface area contributed by atoms with E-state index in [1.165, 1.54) is 30.4 Å². The predicted octanol–water partition coefficient (Wildman–Crippen LogP) is 2.67. The molecule has 1 heterocycles. The highest BCUT2D eigenvalue weighted by Gasteiger charge is 2.20. The second-order valence-corrected chi connectivity index (χ2v) is 8.41. The minimum atomic E-state index is -1.15. The normalized spacial score (nSPS) is 22.6. The molecule has 1 aliphatic carbocycles. The molecule has 0 aromatic heterocycles. The molecule has 0 saturated carbocycles. The Morgan fingerprint density at radius 3 is 2.83 bits per heavy atom. The minimum Gasteiger partial charge on any atom is -0.377 e. The number of fused-ring (bicyclic) bond motifs is 1. The monoisotopic (exact) mass is 349 g/mol. The number of aryl methyl sites for hydroxylation is 2. The molecule has 1 N–H and O–H groups in total. The van der Waals surface area contributed by atoms with Crippen LogP contribution in [0.4, 0.5) is 0 Å². The second-order valence-electron chi connectivity index (χ2n) is 6.91. The maximum absolute atomic E-state index is 12.2. The van der Waals surface area contributed by atoms with E-state index in [4.69, 9.17) is 4.74 Å². The maximum Gasteiger partial charge on any atom is 0.233 e. The highest BCUT2D eigenvalue weighted by atomic mass is 32.2. The Bertz CT molecular complexity index is 611. The number of carbonyl (C=O) groups excluding carboxylic acids is 1. The van der Waals surface area contributed by atoms with Gasteiger partial charge in [0, 0.05) is 17.4 Å². The number of nitrogens with one attached hydrogen (secondary N) is 1. The summed E-state index contributed by atoms with van der Waals surface area (Å²) in [6, 6.07) is 6.48. The molecule has 5 heteroatoms. The lowest BCUT2D eigenvalue weighted by Gasteiger charge is -2.20. The zero-order valence-electron chi connectivity index (χ0n) is 14.4. The molecule has 1 aromatic rings. The van der Waals surface area contributed by atoms with Gasteiger partial charge in [-0.15, -0.1) is 0 Å². The van der Waals surface area contributed by atoms with Crippen molar-refractivity contribution in [2.75, 3.05) is 18.1 Å². The van der Waals surface area contributed by atoms with Gasteiger partial charge in [0.25, 0.3) is 0 Å². The number of rotatable bonds is 6. The van der Waals surface area contributed by atoms with Gasteiger partial charge in [0.05, 0.1) is 17.9 Å². The number of carbonyl (C=O) groups is 1. The standard InChI is InChI=1S/C19H27NO3S/c1-14(16-9-8-15-5-2-3-6-17(15)11-16)20-19(21)13-24(22)12-18-7-4-10-23-18/h8-9,11,14,18H,2-7,10,12-13H2,1H3,(H,20,21)/t14-,18-,24+/m0/s1. The van der Waals surface area contributed by atoms with Gasteiger partial charge >= 0.3 is 0 Å². The van der Waals surface area contributed by atoms with Crippen molar-refractivity contribution >= 4 is 16.7 Å². The Hall–Kier alpha value is -1.20. The summed E-state index contributed by atoms with van der Waals surface area (Å²) in [5.74, 6) is 0.395. The van der Waals surface area contributed by atoms with Gasteiger partial charge in [-0.2, -0.15) is 0 Å². The summed E-state index contributed by atoms with van der Waals surface area (Å²) in [6.45, 7) is 2.74. The second kappa shape index (κ2) is 8.26. The van der Waals surface area contributed by atoms with Crippen molar-refractivity contribution < 1.29 is 13.7 Å². The van der Waals surface area contributed by atoms with Gasteiger partial charge in [0.2, 0.25) is 5.91 Å². The van der Waals surface area contributed by atoms with Gasteiger partial charge < -0.3 is 10.1 Å². The number of benzene rings is 1. The molecular weight excluding hydrogens is 322 g/mol. The van der Waals surface area contributed by atoms with E-state index in [0.717, 1.165) is 31.4 Å². The zero-order valence-corrected chi connectivity index (χ0v) is 15.2. The molecule has 0 spiro atoms. The molecule has 3 rings (SSSR count). The summed E-state index contributed by atoms with van der Waals surface area (Å²) < 4.78 is 17.6. The zero-order chi connectivity index (χ0) is 16.9. The van der Waals surface area contributed by atoms with Crippen molar-refractivity contribution in [2.24, 2.45) is 0 Å². The SMILES string of the molecule is C[C@H](NC(=O)C[S@](=O)C[C@@H]1CCCO1)c1ccc2c(c1)CCCC2. The lowest BCUT2D eigenvalue weighted by atomic mass is 9.89. The van der Waals surface area contributed by atoms with E-state index >= 15 is 0 Å². The molecule has 24 heavy (non-hydrogen) atoms. The van der Waals surface area contributed by atoms with Gasteiger partial charge in [-0.25, -0.2) is 0 Å². The lowest BCUT2D eigenvalue weighted by Crippen LogP contribution is -2.32. The average molecular weight is 349 g/mol. The van der Waals surface area contributed by atoms with Crippen molar-refractivity contribution in [3.8, 4) is 0 Å². The molecule has 3 atom stereocenters. The summed E-state index contributed by atoms with van der Waals surface area (Å²) in [7, 11) is -1.15. The smallest absolute Gasteiger partial charge is 0.233 e. The lowest BCUT2D eigenvalue weighted by molar-refractivity contribution is -0.119. The van der Waals surface area contributed by atoms with Crippen LogP contribution in [-0.4, -0.2) is 34.3 Å². The first-order valence-electron chi connectivity index (χ1n) is 8.99. The molecule has 0 bridgehead atoms. The van der Waals surface area contributed by atoms with Crippen molar-refractivity contribution in [1.29, 1.82) is 0 Å². The van der Waals surface area contributed by atoms with E-state index < -0.39 is 10.8 Å². The fraction of sp³-hybridized carbons (Fsp3) is 0.632. The summed E-state index contributed by atoms with van der Waals surface area (Å²) >= 11 is 0. The molecule has 1 amide bonds. The molecule has 1 saturated heterocycles. The van der Waals surface area contributed by atoms with Crippen LogP contribution in [0.25, 0.3) is 0 Å². The summed E-state index contributed by atoms with van der Waals surface area (Å²) in [6.07, 6.45) is 6.88. The third kappa shape index (κ3) is 4.67. The van der Waals surface area contributed by atoms with E-state index in [9.17, 15) is 9.00 Å². The first kappa shape index (κ1) is 17.6. The van der Waals surface area contributed by atoms with Crippen LogP contribution in [0.15, 0.2) is 18.2 Å². The van der Waals surface area contributed by atoms with Gasteiger partial charge in [0.15, 0.2) is 0 Å². The summed E-state index contributed by atoms with van der Waals surface area (Å²) in [5.41, 5.74) is 4.00. The Morgan fingerprint density at radius 1 is 1.29 bits per heavy atom. The number of ether oxygens (including phenoxy) is 1. The van der Waals surface area contributed by atoms with Crippen molar-refractivity contribution in [1.82, 2.24) is 5.32 Å². The van der Waals surface area contributed by atoms with Crippen LogP contribution in [0.3, 0.4) is 0 Å². The van der Waals surface area contributed by atoms with E-state index in [-0.39, 0.29) is 23.8 Å². The van der Waals surface area contributed by atoms with Gasteiger partial charge in [-0.3, -0.25) is 9.00 Å². The Labute approximate surface area is 146 Å². The molecule has 0 unspecified atom stereocenters. The fourth-order valence-electron chi connectivity index (χ4n) is 3.58. The van der Waals surface area contributed by atoms with E-state index in [1.807, 2.05) is 6.92 Å². The molecular formula is C19H27NO3S. The Morgan fingerprint density at radius 2 is 2.08 bits per heavy atom. The van der Waals surface area contributed by atoms with Gasteiger partial charge in [0.1, 0.15) is 5.75 Å². The highest BCUT2D eigenvalue weighted by Crippen LogP contribution is 2.24. The first-order chi connectivity index (χ1) is 11.6. The van der Waals surface area contributed by atoms with Crippen LogP contribution in [0.1, 0.15) is 55.3 Å². The number of hydrogen-bond acceptors (Lipinski definition) is 3. The number of amides is 1. The third-order valence-electron chi connectivity index (χ3n) is 4.94. The van der Waals surface area contributed by atoms with Crippen molar-refractivity contribution in [3.05, 3.63) is 34.9 Å². The summed E-state index contributed by atoms with van der Waals surface area (Å²) in [4.78, 5) is 12.2. The van der Waals surface area contributed by atoms with Crippen LogP contribution in [0.2, 0.25) is 0 Å². The minimum absolute atomic E-state index is 0.0514. The number of hydrogen-bond donors (Lipinski definition) is 1. The van der Waals surface area contributed by atoms with E-state index in [1.54, 1.807) is 0 Å². The maximum atomic E-state index is 12.2. The fourth-order valence-corrected chi connectivity index (χ4v) is 4.75. The quantitative estimate of drug-likeness (QED) is 0.859. The molecule has 2 aliphatic rings. The molecule has 1 aliphatic heterocycles. The van der Waals surface area contributed by atoms with E-state index in [0.29, 0.717) is 5.75 Å². The largest absolute Gasteiger partial charge is 0.377 e. The third-order valence-corrected chi connectivity index (χ3v) is 6.27. The van der Waals surface area contributed by atoms with Gasteiger partial charge in [-0.05, 0) is 62.1 Å². The Kier molecular flexibility index (Phi) is 6.06. The van der Waals surface area contributed by atoms with Gasteiger partial charge in [-0.1, -0.05) is 18.2 Å². The molecule has 4 nitrogen and oxygen atoms in total. The van der Waals surface area contributed by atoms with E-state index in [2.05, 4.69) is 23.5 Å². The van der Waals surface area contributed by atoms with Crippen LogP contribution in [0, 0.1) is 0 Å². The topological polar surface area (TPSA) is 55.4 Å². The van der Waals surface area contributed by atoms with Crippen molar-refractivity contribution in [3.63, 3.8) is 0 Å². The van der Waals surface area contributed by atoms with Crippen LogP contribution in [0.5, 0.6) is 0 Å². The Balaban J connectivity index is 1.51.